The van der Waals surface area contributed by atoms with Gasteiger partial charge in [0.15, 0.2) is 0 Å². The maximum absolute atomic E-state index is 10.4. The molecule has 2 atom stereocenters. The first kappa shape index (κ1) is 9.68. The molecule has 0 bridgehead atoms. The van der Waals surface area contributed by atoms with Crippen molar-refractivity contribution in [1.82, 2.24) is 10.2 Å². The van der Waals surface area contributed by atoms with Gasteiger partial charge >= 0.3 is 0 Å². The SMILES string of the molecule is C[C@H](C=O)CN1CCNC[C@H]1C. The second kappa shape index (κ2) is 4.58. The van der Waals surface area contributed by atoms with Crippen molar-refractivity contribution in [2.75, 3.05) is 26.2 Å². The largest absolute Gasteiger partial charge is 0.314 e. The lowest BCUT2D eigenvalue weighted by Gasteiger charge is -2.34. The molecule has 12 heavy (non-hydrogen) atoms. The Morgan fingerprint density at radius 1 is 1.75 bits per heavy atom. The molecule has 0 saturated carbocycles. The van der Waals surface area contributed by atoms with Crippen molar-refractivity contribution < 1.29 is 4.79 Å². The Hall–Kier alpha value is -0.410. The number of hydrogen-bond donors (Lipinski definition) is 1. The Labute approximate surface area is 74.1 Å². The highest BCUT2D eigenvalue weighted by Gasteiger charge is 2.18. The number of nitrogens with zero attached hydrogens (tertiary/aromatic N) is 1. The first-order chi connectivity index (χ1) is 5.74. The number of carbonyl (C=O) groups excluding carboxylic acids is 1. The number of rotatable bonds is 3. The van der Waals surface area contributed by atoms with E-state index in [2.05, 4.69) is 17.1 Å². The van der Waals surface area contributed by atoms with Gasteiger partial charge in [-0.3, -0.25) is 4.90 Å². The molecule has 0 unspecified atom stereocenters. The van der Waals surface area contributed by atoms with Gasteiger partial charge in [0.25, 0.3) is 0 Å². The number of piperazine rings is 1. The smallest absolute Gasteiger partial charge is 0.124 e. The average molecular weight is 170 g/mol. The fourth-order valence-corrected chi connectivity index (χ4v) is 1.57. The lowest BCUT2D eigenvalue weighted by atomic mass is 10.1. The maximum atomic E-state index is 10.4. The molecule has 1 aliphatic rings. The lowest BCUT2D eigenvalue weighted by Crippen LogP contribution is -2.51. The van der Waals surface area contributed by atoms with Crippen LogP contribution in [0.1, 0.15) is 13.8 Å². The number of hydrogen-bond acceptors (Lipinski definition) is 3. The second-order valence-corrected chi connectivity index (χ2v) is 3.66. The van der Waals surface area contributed by atoms with E-state index in [-0.39, 0.29) is 5.92 Å². The van der Waals surface area contributed by atoms with Crippen LogP contribution in [0.15, 0.2) is 0 Å². The zero-order chi connectivity index (χ0) is 8.97. The van der Waals surface area contributed by atoms with Crippen LogP contribution in [0.2, 0.25) is 0 Å². The van der Waals surface area contributed by atoms with Crippen molar-refractivity contribution >= 4 is 6.29 Å². The van der Waals surface area contributed by atoms with Gasteiger partial charge in [-0.15, -0.1) is 0 Å². The van der Waals surface area contributed by atoms with Crippen LogP contribution in [0.4, 0.5) is 0 Å². The Morgan fingerprint density at radius 2 is 2.50 bits per heavy atom. The van der Waals surface area contributed by atoms with Gasteiger partial charge in [-0.25, -0.2) is 0 Å². The van der Waals surface area contributed by atoms with E-state index in [4.69, 9.17) is 0 Å². The molecule has 1 rings (SSSR count). The van der Waals surface area contributed by atoms with Crippen molar-refractivity contribution in [1.29, 1.82) is 0 Å². The fourth-order valence-electron chi connectivity index (χ4n) is 1.57. The molecule has 3 nitrogen and oxygen atoms in total. The van der Waals surface area contributed by atoms with Gasteiger partial charge in [0.1, 0.15) is 6.29 Å². The zero-order valence-corrected chi connectivity index (χ0v) is 7.92. The predicted molar refractivity (Wildman–Crippen MR) is 49.1 cm³/mol. The molecule has 1 saturated heterocycles. The van der Waals surface area contributed by atoms with Gasteiger partial charge in [-0.05, 0) is 6.92 Å². The number of carbonyl (C=O) groups is 1. The summed E-state index contributed by atoms with van der Waals surface area (Å²) in [5.74, 6) is 0.172. The summed E-state index contributed by atoms with van der Waals surface area (Å²) in [4.78, 5) is 12.8. The molecule has 0 aromatic rings. The molecule has 1 heterocycles. The third-order valence-electron chi connectivity index (χ3n) is 2.39. The van der Waals surface area contributed by atoms with Gasteiger partial charge in [0.05, 0.1) is 0 Å². The van der Waals surface area contributed by atoms with Crippen LogP contribution in [0.5, 0.6) is 0 Å². The molecule has 1 N–H and O–H groups in total. The average Bonchev–Trinajstić information content (AvgIpc) is 2.09. The standard InChI is InChI=1S/C9H18N2O/c1-8(7-12)6-11-4-3-10-5-9(11)2/h7-10H,3-6H2,1-2H3/t8-,9+/m0/s1. The molecule has 1 fully saturated rings. The van der Waals surface area contributed by atoms with Gasteiger partial charge in [0, 0.05) is 38.1 Å². The third kappa shape index (κ3) is 2.57. The van der Waals surface area contributed by atoms with Crippen LogP contribution >= 0.6 is 0 Å². The van der Waals surface area contributed by atoms with E-state index in [0.717, 1.165) is 32.5 Å². The molecule has 0 aromatic heterocycles. The Kier molecular flexibility index (Phi) is 3.69. The Bertz CT molecular complexity index is 149. The minimum Gasteiger partial charge on any atom is -0.314 e. The van der Waals surface area contributed by atoms with E-state index in [1.807, 2.05) is 6.92 Å². The Balaban J connectivity index is 2.33. The van der Waals surface area contributed by atoms with Crippen molar-refractivity contribution in [2.45, 2.75) is 19.9 Å². The maximum Gasteiger partial charge on any atom is 0.124 e. The summed E-state index contributed by atoms with van der Waals surface area (Å²) in [6, 6.07) is 0.571. The van der Waals surface area contributed by atoms with Gasteiger partial charge in [-0.1, -0.05) is 6.92 Å². The van der Waals surface area contributed by atoms with Gasteiger partial charge in [0.2, 0.25) is 0 Å². The van der Waals surface area contributed by atoms with Crippen molar-refractivity contribution in [3.8, 4) is 0 Å². The molecular formula is C9H18N2O. The van der Waals surface area contributed by atoms with Crippen LogP contribution in [-0.4, -0.2) is 43.4 Å². The van der Waals surface area contributed by atoms with E-state index in [0.29, 0.717) is 6.04 Å². The first-order valence-electron chi connectivity index (χ1n) is 4.64. The summed E-state index contributed by atoms with van der Waals surface area (Å²) in [5.41, 5.74) is 0. The summed E-state index contributed by atoms with van der Waals surface area (Å²) in [6.45, 7) is 8.25. The Morgan fingerprint density at radius 3 is 3.08 bits per heavy atom. The monoisotopic (exact) mass is 170 g/mol. The van der Waals surface area contributed by atoms with E-state index in [1.54, 1.807) is 0 Å². The van der Waals surface area contributed by atoms with E-state index in [9.17, 15) is 4.79 Å². The van der Waals surface area contributed by atoms with Crippen LogP contribution < -0.4 is 5.32 Å². The summed E-state index contributed by atoms with van der Waals surface area (Å²) < 4.78 is 0. The first-order valence-corrected chi connectivity index (χ1v) is 4.64. The predicted octanol–water partition coefficient (Wildman–Crippen LogP) is 0.115. The third-order valence-corrected chi connectivity index (χ3v) is 2.39. The second-order valence-electron chi connectivity index (χ2n) is 3.66. The molecule has 0 amide bonds. The van der Waals surface area contributed by atoms with Crippen molar-refractivity contribution in [2.24, 2.45) is 5.92 Å². The number of nitrogens with one attached hydrogen (secondary N) is 1. The van der Waals surface area contributed by atoms with E-state index < -0.39 is 0 Å². The molecule has 0 radical (unpaired) electrons. The van der Waals surface area contributed by atoms with Crippen LogP contribution in [-0.2, 0) is 4.79 Å². The summed E-state index contributed by atoms with van der Waals surface area (Å²) in [7, 11) is 0. The van der Waals surface area contributed by atoms with Gasteiger partial charge < -0.3 is 10.1 Å². The quantitative estimate of drug-likeness (QED) is 0.610. The van der Waals surface area contributed by atoms with Crippen LogP contribution in [0, 0.1) is 5.92 Å². The summed E-state index contributed by atoms with van der Waals surface area (Å²) in [5, 5.41) is 3.33. The minimum absolute atomic E-state index is 0.172. The summed E-state index contributed by atoms with van der Waals surface area (Å²) >= 11 is 0. The van der Waals surface area contributed by atoms with E-state index >= 15 is 0 Å². The van der Waals surface area contributed by atoms with E-state index in [1.165, 1.54) is 0 Å². The molecule has 3 heteroatoms. The lowest BCUT2D eigenvalue weighted by molar-refractivity contribution is -0.111. The van der Waals surface area contributed by atoms with Crippen LogP contribution in [0.25, 0.3) is 0 Å². The summed E-state index contributed by atoms with van der Waals surface area (Å²) in [6.07, 6.45) is 1.04. The van der Waals surface area contributed by atoms with Crippen LogP contribution in [0.3, 0.4) is 0 Å². The molecule has 70 valence electrons. The molecular weight excluding hydrogens is 152 g/mol. The highest BCUT2D eigenvalue weighted by atomic mass is 16.1. The highest BCUT2D eigenvalue weighted by molar-refractivity contribution is 5.53. The number of aldehydes is 1. The zero-order valence-electron chi connectivity index (χ0n) is 7.92. The van der Waals surface area contributed by atoms with Gasteiger partial charge in [-0.2, -0.15) is 0 Å². The minimum atomic E-state index is 0.172. The highest BCUT2D eigenvalue weighted by Crippen LogP contribution is 2.05. The molecule has 0 aliphatic carbocycles. The normalized spacial score (nSPS) is 28.3. The molecule has 0 aromatic carbocycles. The van der Waals surface area contributed by atoms with Crippen molar-refractivity contribution in [3.63, 3.8) is 0 Å². The molecule has 1 aliphatic heterocycles. The fraction of sp³-hybridized carbons (Fsp3) is 0.889. The van der Waals surface area contributed by atoms with Crippen molar-refractivity contribution in [3.05, 3.63) is 0 Å². The topological polar surface area (TPSA) is 32.3 Å². The molecule has 0 spiro atoms.